The summed E-state index contributed by atoms with van der Waals surface area (Å²) in [6.45, 7) is 2.15. The third-order valence-electron chi connectivity index (χ3n) is 7.37. The molecule has 2 heterocycles. The molecule has 2 saturated heterocycles. The molecule has 0 saturated carbocycles. The minimum absolute atomic E-state index is 0.0464. The highest BCUT2D eigenvalue weighted by Gasteiger charge is 2.47. The van der Waals surface area contributed by atoms with Crippen LogP contribution in [0.15, 0.2) is 77.3 Å². The van der Waals surface area contributed by atoms with E-state index in [0.717, 1.165) is 22.0 Å². The summed E-state index contributed by atoms with van der Waals surface area (Å²) in [5.41, 5.74) is 1.26. The first kappa shape index (κ1) is 27.9. The van der Waals surface area contributed by atoms with Crippen LogP contribution in [0.3, 0.4) is 0 Å². The Morgan fingerprint density at radius 3 is 2.35 bits per heavy atom. The van der Waals surface area contributed by atoms with Gasteiger partial charge in [-0.2, -0.15) is 0 Å². The Labute approximate surface area is 244 Å². The molecule has 3 aromatic rings. The first-order valence-corrected chi connectivity index (χ1v) is 14.1. The molecule has 2 fully saturated rings. The molecular formula is C29H26BrClN4O5. The predicted molar refractivity (Wildman–Crippen MR) is 154 cm³/mol. The fourth-order valence-corrected chi connectivity index (χ4v) is 5.84. The Kier molecular flexibility index (Phi) is 8.30. The van der Waals surface area contributed by atoms with Gasteiger partial charge in [-0.25, -0.2) is 4.90 Å². The second kappa shape index (κ2) is 11.9. The largest absolute Gasteiger partial charge is 0.323 e. The number of halogens is 2. The van der Waals surface area contributed by atoms with Crippen molar-refractivity contribution in [2.75, 3.05) is 18.0 Å². The molecule has 5 rings (SSSR count). The number of piperidine rings is 1. The first-order valence-electron chi connectivity index (χ1n) is 12.9. The molecule has 0 radical (unpaired) electrons. The maximum Gasteiger partial charge on any atom is 0.288 e. The second-order valence-corrected chi connectivity index (χ2v) is 11.2. The van der Waals surface area contributed by atoms with Gasteiger partial charge < -0.3 is 4.90 Å². The van der Waals surface area contributed by atoms with Crippen LogP contribution in [0.4, 0.5) is 11.4 Å². The zero-order valence-electron chi connectivity index (χ0n) is 21.4. The summed E-state index contributed by atoms with van der Waals surface area (Å²) in [5.74, 6) is -1.43. The molecular weight excluding hydrogens is 600 g/mol. The number of imide groups is 1. The van der Waals surface area contributed by atoms with Gasteiger partial charge in [0.15, 0.2) is 0 Å². The number of nitro benzene ring substituents is 1. The van der Waals surface area contributed by atoms with Gasteiger partial charge in [0.2, 0.25) is 5.91 Å². The Morgan fingerprint density at radius 1 is 1.02 bits per heavy atom. The zero-order chi connectivity index (χ0) is 28.4. The van der Waals surface area contributed by atoms with E-state index in [-0.39, 0.29) is 23.0 Å². The van der Waals surface area contributed by atoms with Gasteiger partial charge in [0.05, 0.1) is 17.0 Å². The number of nitro groups is 1. The number of anilines is 1. The average Bonchev–Trinajstić information content (AvgIpc) is 3.24. The summed E-state index contributed by atoms with van der Waals surface area (Å²) in [4.78, 5) is 56.6. The lowest BCUT2D eigenvalue weighted by Gasteiger charge is -2.40. The molecule has 206 valence electrons. The average molecular weight is 626 g/mol. The van der Waals surface area contributed by atoms with E-state index >= 15 is 0 Å². The number of nitrogens with zero attached hydrogens (tertiary/aromatic N) is 4. The minimum atomic E-state index is -1.02. The summed E-state index contributed by atoms with van der Waals surface area (Å²) >= 11 is 9.35. The van der Waals surface area contributed by atoms with E-state index in [4.69, 9.17) is 11.6 Å². The van der Waals surface area contributed by atoms with E-state index in [1.165, 1.54) is 22.6 Å². The normalized spacial score (nSPS) is 18.2. The highest BCUT2D eigenvalue weighted by molar-refractivity contribution is 9.10. The van der Waals surface area contributed by atoms with Crippen molar-refractivity contribution in [1.29, 1.82) is 0 Å². The van der Waals surface area contributed by atoms with Crippen LogP contribution in [0.2, 0.25) is 5.02 Å². The molecule has 2 aliphatic heterocycles. The molecule has 0 aliphatic carbocycles. The number of benzene rings is 3. The minimum Gasteiger partial charge on any atom is -0.323 e. The highest BCUT2D eigenvalue weighted by atomic mass is 79.9. The molecule has 3 aromatic carbocycles. The number of hydrogen-bond acceptors (Lipinski definition) is 6. The quantitative estimate of drug-likeness (QED) is 0.197. The molecule has 1 unspecified atom stereocenters. The molecule has 3 amide bonds. The summed E-state index contributed by atoms with van der Waals surface area (Å²) < 4.78 is 0.801. The van der Waals surface area contributed by atoms with Gasteiger partial charge in [0.25, 0.3) is 17.5 Å². The standard InChI is InChI=1S/C29H26BrClN4O5/c30-21-7-9-22(10-8-21)34-27(36)17-26(29(34)38)33(28(37)20-6-11-24(31)25(16-20)35(39)40)23-12-14-32(15-13-23)18-19-4-2-1-3-5-19/h1-11,16,23,26H,12-15,17-18H2. The van der Waals surface area contributed by atoms with Crippen LogP contribution in [0.25, 0.3) is 0 Å². The van der Waals surface area contributed by atoms with Crippen LogP contribution in [-0.4, -0.2) is 57.6 Å². The summed E-state index contributed by atoms with van der Waals surface area (Å²) in [7, 11) is 0. The summed E-state index contributed by atoms with van der Waals surface area (Å²) in [6, 6.07) is 19.4. The topological polar surface area (TPSA) is 104 Å². The predicted octanol–water partition coefficient (Wildman–Crippen LogP) is 5.45. The molecule has 0 N–H and O–H groups in total. The van der Waals surface area contributed by atoms with E-state index in [2.05, 4.69) is 33.0 Å². The Morgan fingerprint density at radius 2 is 1.70 bits per heavy atom. The van der Waals surface area contributed by atoms with Crippen molar-refractivity contribution in [3.8, 4) is 0 Å². The van der Waals surface area contributed by atoms with Gasteiger partial charge in [-0.1, -0.05) is 57.9 Å². The van der Waals surface area contributed by atoms with Crippen molar-refractivity contribution in [2.45, 2.75) is 37.9 Å². The van der Waals surface area contributed by atoms with E-state index in [1.54, 1.807) is 24.3 Å². The Hall–Kier alpha value is -3.60. The van der Waals surface area contributed by atoms with Crippen molar-refractivity contribution in [3.05, 3.63) is 104 Å². The van der Waals surface area contributed by atoms with Gasteiger partial charge in [0.1, 0.15) is 11.1 Å². The number of likely N-dealkylation sites (tertiary alicyclic amines) is 1. The maximum absolute atomic E-state index is 14.0. The lowest BCUT2D eigenvalue weighted by atomic mass is 9.98. The SMILES string of the molecule is O=C1CC(N(C(=O)c2ccc(Cl)c([N+](=O)[O-])c2)C2CCN(Cc3ccccc3)CC2)C(=O)N1c1ccc(Br)cc1. The van der Waals surface area contributed by atoms with E-state index in [1.807, 2.05) is 18.2 Å². The van der Waals surface area contributed by atoms with Crippen LogP contribution in [0.1, 0.15) is 35.2 Å². The van der Waals surface area contributed by atoms with Crippen molar-refractivity contribution in [1.82, 2.24) is 9.80 Å². The van der Waals surface area contributed by atoms with Crippen LogP contribution in [-0.2, 0) is 16.1 Å². The first-order chi connectivity index (χ1) is 19.2. The molecule has 1 atom stereocenters. The van der Waals surface area contributed by atoms with Crippen LogP contribution < -0.4 is 4.90 Å². The smallest absolute Gasteiger partial charge is 0.288 e. The van der Waals surface area contributed by atoms with Crippen molar-refractivity contribution in [2.24, 2.45) is 0 Å². The van der Waals surface area contributed by atoms with Gasteiger partial charge >= 0.3 is 0 Å². The van der Waals surface area contributed by atoms with Crippen molar-refractivity contribution in [3.63, 3.8) is 0 Å². The molecule has 0 aromatic heterocycles. The number of amides is 3. The summed E-state index contributed by atoms with van der Waals surface area (Å²) in [5, 5.41) is 11.4. The Bertz CT molecular complexity index is 1440. The van der Waals surface area contributed by atoms with E-state index in [9.17, 15) is 24.5 Å². The van der Waals surface area contributed by atoms with Crippen molar-refractivity contribution < 1.29 is 19.3 Å². The molecule has 0 spiro atoms. The monoisotopic (exact) mass is 624 g/mol. The number of rotatable bonds is 7. The number of carbonyl (C=O) groups is 3. The van der Waals surface area contributed by atoms with Crippen molar-refractivity contribution >= 4 is 56.6 Å². The van der Waals surface area contributed by atoms with E-state index in [0.29, 0.717) is 31.6 Å². The fraction of sp³-hybridized carbons (Fsp3) is 0.276. The van der Waals surface area contributed by atoms with Crippen LogP contribution in [0.5, 0.6) is 0 Å². The van der Waals surface area contributed by atoms with Gasteiger partial charge in [-0.3, -0.25) is 29.4 Å². The van der Waals surface area contributed by atoms with Gasteiger partial charge in [0, 0.05) is 41.8 Å². The van der Waals surface area contributed by atoms with Gasteiger partial charge in [-0.15, -0.1) is 0 Å². The van der Waals surface area contributed by atoms with E-state index < -0.39 is 34.4 Å². The highest BCUT2D eigenvalue weighted by Crippen LogP contribution is 2.33. The van der Waals surface area contributed by atoms with Gasteiger partial charge in [-0.05, 0) is 54.8 Å². The fourth-order valence-electron chi connectivity index (χ4n) is 5.39. The lowest BCUT2D eigenvalue weighted by Crippen LogP contribution is -2.54. The van der Waals surface area contributed by atoms with Crippen LogP contribution in [0, 0.1) is 10.1 Å². The molecule has 40 heavy (non-hydrogen) atoms. The Balaban J connectivity index is 1.43. The maximum atomic E-state index is 14.0. The summed E-state index contributed by atoms with van der Waals surface area (Å²) in [6.07, 6.45) is 1.01. The third kappa shape index (κ3) is 5.79. The second-order valence-electron chi connectivity index (χ2n) is 9.89. The number of carbonyl (C=O) groups excluding carboxylic acids is 3. The molecule has 9 nitrogen and oxygen atoms in total. The third-order valence-corrected chi connectivity index (χ3v) is 8.22. The lowest BCUT2D eigenvalue weighted by molar-refractivity contribution is -0.384. The molecule has 2 aliphatic rings. The molecule has 0 bridgehead atoms. The van der Waals surface area contributed by atoms with Crippen LogP contribution >= 0.6 is 27.5 Å². The number of hydrogen-bond donors (Lipinski definition) is 0. The molecule has 11 heteroatoms. The zero-order valence-corrected chi connectivity index (χ0v) is 23.8.